The zero-order chi connectivity index (χ0) is 23.6. The van der Waals surface area contributed by atoms with Gasteiger partial charge in [0, 0.05) is 25.4 Å². The minimum absolute atomic E-state index is 0.125. The molecule has 1 aromatic heterocycles. The Morgan fingerprint density at radius 2 is 1.85 bits per heavy atom. The number of amides is 1. The van der Waals surface area contributed by atoms with Crippen LogP contribution in [-0.2, 0) is 17.8 Å². The van der Waals surface area contributed by atoms with Crippen LogP contribution in [0.5, 0.6) is 5.75 Å². The number of hydrogen-bond donors (Lipinski definition) is 1. The highest BCUT2D eigenvalue weighted by Crippen LogP contribution is 2.20. The van der Waals surface area contributed by atoms with Crippen molar-refractivity contribution in [1.29, 1.82) is 0 Å². The summed E-state index contributed by atoms with van der Waals surface area (Å²) in [5.74, 6) is 2.38. The first-order valence-electron chi connectivity index (χ1n) is 12.4. The third-order valence-corrected chi connectivity index (χ3v) is 6.33. The molecule has 1 N–H and O–H groups in total. The standard InChI is InChI=1S/C28H39N3O2/c1-5-23(6-2)28(32)29-17-11-14-27-30-24-12-7-8-13-25(24)31(27)18-9-10-19-33-26-16-15-21(3)20-22(26)4/h7-8,12-13,15-16,20,23H,5-6,9-11,14,17-19H2,1-4H3,(H,29,32). The Labute approximate surface area is 198 Å². The van der Waals surface area contributed by atoms with E-state index in [-0.39, 0.29) is 11.8 Å². The van der Waals surface area contributed by atoms with Crippen molar-refractivity contribution in [3.63, 3.8) is 0 Å². The van der Waals surface area contributed by atoms with Crippen molar-refractivity contribution in [1.82, 2.24) is 14.9 Å². The molecule has 0 atom stereocenters. The summed E-state index contributed by atoms with van der Waals surface area (Å²) in [6.07, 6.45) is 5.56. The fraction of sp³-hybridized carbons (Fsp3) is 0.500. The largest absolute Gasteiger partial charge is 0.493 e. The van der Waals surface area contributed by atoms with E-state index in [9.17, 15) is 4.79 Å². The summed E-state index contributed by atoms with van der Waals surface area (Å²) >= 11 is 0. The maximum Gasteiger partial charge on any atom is 0.223 e. The van der Waals surface area contributed by atoms with Gasteiger partial charge in [0.2, 0.25) is 5.91 Å². The summed E-state index contributed by atoms with van der Waals surface area (Å²) in [5, 5.41) is 3.10. The van der Waals surface area contributed by atoms with Gasteiger partial charge < -0.3 is 14.6 Å². The summed E-state index contributed by atoms with van der Waals surface area (Å²) in [7, 11) is 0. The zero-order valence-corrected chi connectivity index (χ0v) is 20.7. The molecule has 5 nitrogen and oxygen atoms in total. The number of carbonyl (C=O) groups is 1. The molecule has 0 aliphatic rings. The number of para-hydroxylation sites is 2. The van der Waals surface area contributed by atoms with Crippen molar-refractivity contribution < 1.29 is 9.53 Å². The predicted molar refractivity (Wildman–Crippen MR) is 136 cm³/mol. The highest BCUT2D eigenvalue weighted by molar-refractivity contribution is 5.78. The number of carbonyl (C=O) groups excluding carboxylic acids is 1. The van der Waals surface area contributed by atoms with E-state index in [0.29, 0.717) is 13.2 Å². The van der Waals surface area contributed by atoms with Crippen LogP contribution in [0, 0.1) is 19.8 Å². The fourth-order valence-corrected chi connectivity index (χ4v) is 4.34. The number of aromatic nitrogens is 2. The van der Waals surface area contributed by atoms with E-state index in [0.717, 1.165) is 62.2 Å². The Bertz CT molecular complexity index is 1040. The van der Waals surface area contributed by atoms with E-state index in [1.165, 1.54) is 16.6 Å². The minimum Gasteiger partial charge on any atom is -0.493 e. The topological polar surface area (TPSA) is 56.2 Å². The van der Waals surface area contributed by atoms with Gasteiger partial charge in [0.05, 0.1) is 17.6 Å². The van der Waals surface area contributed by atoms with E-state index in [2.05, 4.69) is 74.0 Å². The number of ether oxygens (including phenoxy) is 1. The Kier molecular flexibility index (Phi) is 9.35. The molecule has 1 heterocycles. The number of nitrogens with zero attached hydrogens (tertiary/aromatic N) is 2. The minimum atomic E-state index is 0.125. The van der Waals surface area contributed by atoms with Gasteiger partial charge in [-0.1, -0.05) is 43.7 Å². The quantitative estimate of drug-likeness (QED) is 0.326. The third-order valence-electron chi connectivity index (χ3n) is 6.33. The maximum atomic E-state index is 12.2. The molecule has 0 radical (unpaired) electrons. The molecule has 5 heteroatoms. The second-order valence-electron chi connectivity index (χ2n) is 8.90. The van der Waals surface area contributed by atoms with Gasteiger partial charge in [-0.3, -0.25) is 4.79 Å². The summed E-state index contributed by atoms with van der Waals surface area (Å²) in [4.78, 5) is 17.1. The van der Waals surface area contributed by atoms with Crippen LogP contribution in [0.4, 0.5) is 0 Å². The lowest BCUT2D eigenvalue weighted by Gasteiger charge is -2.13. The molecular weight excluding hydrogens is 410 g/mol. The molecule has 0 unspecified atom stereocenters. The second-order valence-corrected chi connectivity index (χ2v) is 8.90. The molecule has 3 rings (SSSR count). The number of rotatable bonds is 13. The highest BCUT2D eigenvalue weighted by atomic mass is 16.5. The molecule has 0 bridgehead atoms. The van der Waals surface area contributed by atoms with E-state index in [1.54, 1.807) is 0 Å². The van der Waals surface area contributed by atoms with Crippen LogP contribution >= 0.6 is 0 Å². The van der Waals surface area contributed by atoms with Crippen LogP contribution < -0.4 is 10.1 Å². The first-order valence-corrected chi connectivity index (χ1v) is 12.4. The van der Waals surface area contributed by atoms with Crippen molar-refractivity contribution in [2.45, 2.75) is 72.8 Å². The van der Waals surface area contributed by atoms with Crippen LogP contribution in [0.3, 0.4) is 0 Å². The molecule has 33 heavy (non-hydrogen) atoms. The molecule has 1 amide bonds. The van der Waals surface area contributed by atoms with Crippen LogP contribution in [0.25, 0.3) is 11.0 Å². The molecule has 2 aromatic carbocycles. The zero-order valence-electron chi connectivity index (χ0n) is 20.7. The molecule has 0 aliphatic carbocycles. The molecule has 0 aliphatic heterocycles. The monoisotopic (exact) mass is 449 g/mol. The first kappa shape index (κ1) is 24.8. The Balaban J connectivity index is 1.52. The van der Waals surface area contributed by atoms with Gasteiger partial charge in [-0.25, -0.2) is 4.98 Å². The molecule has 0 saturated carbocycles. The van der Waals surface area contributed by atoms with Gasteiger partial charge in [0.15, 0.2) is 0 Å². The lowest BCUT2D eigenvalue weighted by atomic mass is 10.0. The number of fused-ring (bicyclic) bond motifs is 1. The summed E-state index contributed by atoms with van der Waals surface area (Å²) in [5.41, 5.74) is 4.67. The van der Waals surface area contributed by atoms with Gasteiger partial charge in [0.1, 0.15) is 11.6 Å². The maximum absolute atomic E-state index is 12.2. The van der Waals surface area contributed by atoms with Crippen LogP contribution in [0.1, 0.15) is 62.9 Å². The molecule has 3 aromatic rings. The smallest absolute Gasteiger partial charge is 0.223 e. The van der Waals surface area contributed by atoms with Crippen LogP contribution in [0.15, 0.2) is 42.5 Å². The van der Waals surface area contributed by atoms with Gasteiger partial charge in [-0.2, -0.15) is 0 Å². The van der Waals surface area contributed by atoms with Crippen molar-refractivity contribution in [2.75, 3.05) is 13.2 Å². The third kappa shape index (κ3) is 6.83. The van der Waals surface area contributed by atoms with Gasteiger partial charge in [-0.15, -0.1) is 0 Å². The summed E-state index contributed by atoms with van der Waals surface area (Å²) in [6, 6.07) is 14.7. The SMILES string of the molecule is CCC(CC)C(=O)NCCCc1nc2ccccc2n1CCCCOc1ccc(C)cc1C. The second kappa shape index (κ2) is 12.4. The van der Waals surface area contributed by atoms with Gasteiger partial charge in [0.25, 0.3) is 0 Å². The average molecular weight is 450 g/mol. The van der Waals surface area contributed by atoms with E-state index < -0.39 is 0 Å². The molecule has 0 spiro atoms. The Morgan fingerprint density at radius 1 is 1.06 bits per heavy atom. The lowest BCUT2D eigenvalue weighted by molar-refractivity contribution is -0.125. The van der Waals surface area contributed by atoms with Crippen molar-refractivity contribution in [3.8, 4) is 5.75 Å². The van der Waals surface area contributed by atoms with E-state index >= 15 is 0 Å². The number of imidazole rings is 1. The van der Waals surface area contributed by atoms with Crippen LogP contribution in [-0.4, -0.2) is 28.6 Å². The van der Waals surface area contributed by atoms with E-state index in [1.807, 2.05) is 6.07 Å². The van der Waals surface area contributed by atoms with Gasteiger partial charge >= 0.3 is 0 Å². The Morgan fingerprint density at radius 3 is 2.61 bits per heavy atom. The van der Waals surface area contributed by atoms with Crippen molar-refractivity contribution in [3.05, 3.63) is 59.4 Å². The normalized spacial score (nSPS) is 11.3. The molecule has 0 saturated heterocycles. The summed E-state index contributed by atoms with van der Waals surface area (Å²) in [6.45, 7) is 10.7. The number of aryl methyl sites for hydroxylation is 4. The molecular formula is C28H39N3O2. The number of hydrogen-bond acceptors (Lipinski definition) is 3. The number of nitrogens with one attached hydrogen (secondary N) is 1. The van der Waals surface area contributed by atoms with Crippen LogP contribution in [0.2, 0.25) is 0 Å². The van der Waals surface area contributed by atoms with Gasteiger partial charge in [-0.05, 0) is 69.7 Å². The Hall–Kier alpha value is -2.82. The lowest BCUT2D eigenvalue weighted by Crippen LogP contribution is -2.31. The fourth-order valence-electron chi connectivity index (χ4n) is 4.34. The molecule has 0 fully saturated rings. The molecule has 178 valence electrons. The predicted octanol–water partition coefficient (Wildman–Crippen LogP) is 6.00. The highest BCUT2D eigenvalue weighted by Gasteiger charge is 2.14. The van der Waals surface area contributed by atoms with Crippen molar-refractivity contribution in [2.24, 2.45) is 5.92 Å². The van der Waals surface area contributed by atoms with E-state index in [4.69, 9.17) is 9.72 Å². The number of unbranched alkanes of at least 4 members (excludes halogenated alkanes) is 1. The van der Waals surface area contributed by atoms with Crippen molar-refractivity contribution >= 4 is 16.9 Å². The first-order chi connectivity index (χ1) is 16.0. The summed E-state index contributed by atoms with van der Waals surface area (Å²) < 4.78 is 8.35. The number of benzene rings is 2. The average Bonchev–Trinajstić information content (AvgIpc) is 3.16.